The average molecular weight is 337 g/mol. The van der Waals surface area contributed by atoms with Crippen molar-refractivity contribution < 1.29 is 23.1 Å². The van der Waals surface area contributed by atoms with Gasteiger partial charge < -0.3 is 5.11 Å². The lowest BCUT2D eigenvalue weighted by Crippen LogP contribution is -2.07. The summed E-state index contributed by atoms with van der Waals surface area (Å²) in [5.74, 6) is -1.29. The molecule has 2 rings (SSSR count). The maximum Gasteiger partial charge on any atom is 0.416 e. The van der Waals surface area contributed by atoms with Gasteiger partial charge in [-0.05, 0) is 18.2 Å². The minimum Gasteiger partial charge on any atom is -0.481 e. The van der Waals surface area contributed by atoms with Gasteiger partial charge in [-0.2, -0.15) is 13.2 Å². The summed E-state index contributed by atoms with van der Waals surface area (Å²) in [4.78, 5) is 14.5. The zero-order valence-corrected chi connectivity index (χ0v) is 11.8. The van der Waals surface area contributed by atoms with Crippen LogP contribution in [0.15, 0.2) is 35.7 Å². The van der Waals surface area contributed by atoms with E-state index >= 15 is 0 Å². The fourth-order valence-electron chi connectivity index (χ4n) is 1.60. The second-order valence-corrected chi connectivity index (χ2v) is 5.34. The van der Waals surface area contributed by atoms with Crippen LogP contribution in [0.5, 0.6) is 0 Å². The third-order valence-corrected chi connectivity index (χ3v) is 3.59. The Labute approximate surface area is 126 Å². The Bertz CT molecular complexity index is 673. The first-order chi connectivity index (χ1) is 9.77. The molecule has 2 aromatic rings. The molecule has 0 aliphatic heterocycles. The highest BCUT2D eigenvalue weighted by molar-refractivity contribution is 7.99. The molecule has 4 nitrogen and oxygen atoms in total. The van der Waals surface area contributed by atoms with Crippen LogP contribution in [0, 0.1) is 0 Å². The summed E-state index contributed by atoms with van der Waals surface area (Å²) in [7, 11) is 0. The molecule has 0 radical (unpaired) electrons. The normalized spacial score (nSPS) is 11.6. The molecule has 0 fully saturated rings. The monoisotopic (exact) mass is 336 g/mol. The molecule has 0 spiro atoms. The molecule has 1 aromatic carbocycles. The SMILES string of the molecule is O=C(O)CSc1nccn1-c1cc(Cl)cc(C(F)(F)F)c1. The molecule has 0 unspecified atom stereocenters. The van der Waals surface area contributed by atoms with E-state index in [0.717, 1.165) is 23.9 Å². The van der Waals surface area contributed by atoms with Gasteiger partial charge in [-0.25, -0.2) is 4.98 Å². The number of aliphatic carboxylic acids is 1. The lowest BCUT2D eigenvalue weighted by Gasteiger charge is -2.12. The predicted molar refractivity (Wildman–Crippen MR) is 71.9 cm³/mol. The summed E-state index contributed by atoms with van der Waals surface area (Å²) in [6, 6.07) is 3.10. The third-order valence-electron chi connectivity index (χ3n) is 2.42. The number of aromatic nitrogens is 2. The highest BCUT2D eigenvalue weighted by Gasteiger charge is 2.31. The van der Waals surface area contributed by atoms with Crippen LogP contribution >= 0.6 is 23.4 Å². The number of benzene rings is 1. The van der Waals surface area contributed by atoms with Crippen molar-refractivity contribution in [2.75, 3.05) is 5.75 Å². The van der Waals surface area contributed by atoms with E-state index in [1.165, 1.54) is 23.0 Å². The molecule has 0 saturated heterocycles. The van der Waals surface area contributed by atoms with Gasteiger partial charge >= 0.3 is 12.1 Å². The smallest absolute Gasteiger partial charge is 0.416 e. The van der Waals surface area contributed by atoms with E-state index in [2.05, 4.69) is 4.98 Å². The summed E-state index contributed by atoms with van der Waals surface area (Å²) >= 11 is 6.62. The van der Waals surface area contributed by atoms with Crippen LogP contribution in [0.25, 0.3) is 5.69 Å². The molecule has 0 bridgehead atoms. The van der Waals surface area contributed by atoms with Gasteiger partial charge in [0, 0.05) is 23.1 Å². The Morgan fingerprint density at radius 3 is 2.71 bits per heavy atom. The second-order valence-electron chi connectivity index (χ2n) is 3.96. The fourth-order valence-corrected chi connectivity index (χ4v) is 2.52. The first kappa shape index (κ1) is 15.7. The number of nitrogens with zero attached hydrogens (tertiary/aromatic N) is 2. The molecule has 112 valence electrons. The third kappa shape index (κ3) is 3.92. The van der Waals surface area contributed by atoms with Gasteiger partial charge in [0.2, 0.25) is 0 Å². The van der Waals surface area contributed by atoms with Gasteiger partial charge in [-0.15, -0.1) is 0 Å². The lowest BCUT2D eigenvalue weighted by molar-refractivity contribution is -0.137. The molecule has 9 heteroatoms. The topological polar surface area (TPSA) is 55.1 Å². The van der Waals surface area contributed by atoms with Crippen molar-refractivity contribution in [3.8, 4) is 5.69 Å². The van der Waals surface area contributed by atoms with Crippen LogP contribution in [-0.2, 0) is 11.0 Å². The number of halogens is 4. The number of thioether (sulfide) groups is 1. The van der Waals surface area contributed by atoms with Crippen molar-refractivity contribution in [3.63, 3.8) is 0 Å². The average Bonchev–Trinajstić information content (AvgIpc) is 2.82. The van der Waals surface area contributed by atoms with E-state index in [-0.39, 0.29) is 21.6 Å². The maximum atomic E-state index is 12.8. The summed E-state index contributed by atoms with van der Waals surface area (Å²) in [6.07, 6.45) is -1.71. The zero-order chi connectivity index (χ0) is 15.6. The van der Waals surface area contributed by atoms with Gasteiger partial charge in [-0.1, -0.05) is 23.4 Å². The number of alkyl halides is 3. The number of imidazole rings is 1. The van der Waals surface area contributed by atoms with Crippen LogP contribution in [-0.4, -0.2) is 26.4 Å². The molecule has 0 amide bonds. The van der Waals surface area contributed by atoms with Crippen LogP contribution in [0.2, 0.25) is 5.02 Å². The summed E-state index contributed by atoms with van der Waals surface area (Å²) in [6.45, 7) is 0. The quantitative estimate of drug-likeness (QED) is 0.865. The number of rotatable bonds is 4. The lowest BCUT2D eigenvalue weighted by atomic mass is 10.2. The highest BCUT2D eigenvalue weighted by Crippen LogP contribution is 2.33. The molecule has 0 aliphatic rings. The van der Waals surface area contributed by atoms with Gasteiger partial charge in [0.1, 0.15) is 0 Å². The Kier molecular flexibility index (Phi) is 4.48. The van der Waals surface area contributed by atoms with E-state index in [0.29, 0.717) is 0 Å². The van der Waals surface area contributed by atoms with Crippen LogP contribution in [0.1, 0.15) is 5.56 Å². The first-order valence-corrected chi connectivity index (χ1v) is 6.90. The first-order valence-electron chi connectivity index (χ1n) is 5.53. The molecule has 0 saturated carbocycles. The largest absolute Gasteiger partial charge is 0.481 e. The minimum absolute atomic E-state index is 0.0669. The molecule has 21 heavy (non-hydrogen) atoms. The van der Waals surface area contributed by atoms with Crippen molar-refractivity contribution in [1.82, 2.24) is 9.55 Å². The van der Waals surface area contributed by atoms with Crippen molar-refractivity contribution in [1.29, 1.82) is 0 Å². The fraction of sp³-hybridized carbons (Fsp3) is 0.167. The minimum atomic E-state index is -4.52. The van der Waals surface area contributed by atoms with E-state index in [9.17, 15) is 18.0 Å². The van der Waals surface area contributed by atoms with E-state index in [1.807, 2.05) is 0 Å². The van der Waals surface area contributed by atoms with E-state index < -0.39 is 17.7 Å². The summed E-state index contributed by atoms with van der Waals surface area (Å²) < 4.78 is 39.7. The van der Waals surface area contributed by atoms with Gasteiger partial charge in [0.15, 0.2) is 5.16 Å². The van der Waals surface area contributed by atoms with E-state index in [4.69, 9.17) is 16.7 Å². The number of carboxylic acids is 1. The van der Waals surface area contributed by atoms with Crippen molar-refractivity contribution in [2.45, 2.75) is 11.3 Å². The van der Waals surface area contributed by atoms with E-state index in [1.54, 1.807) is 0 Å². The standard InChI is InChI=1S/C12H8ClF3N2O2S/c13-8-3-7(12(14,15)16)4-9(5-8)18-2-1-17-11(18)21-6-10(19)20/h1-5H,6H2,(H,19,20). The number of carboxylic acid groups (broad SMARTS) is 1. The van der Waals surface area contributed by atoms with Crippen molar-refractivity contribution >= 4 is 29.3 Å². The number of hydrogen-bond acceptors (Lipinski definition) is 3. The Balaban J connectivity index is 2.41. The Hall–Kier alpha value is -1.67. The molecule has 1 N–H and O–H groups in total. The summed E-state index contributed by atoms with van der Waals surface area (Å²) in [5, 5.41) is 8.85. The second kappa shape index (κ2) is 5.98. The molecular weight excluding hydrogens is 329 g/mol. The Morgan fingerprint density at radius 2 is 2.10 bits per heavy atom. The number of carbonyl (C=O) groups is 1. The van der Waals surface area contributed by atoms with Gasteiger partial charge in [0.05, 0.1) is 11.3 Å². The van der Waals surface area contributed by atoms with Crippen molar-refractivity contribution in [3.05, 3.63) is 41.2 Å². The van der Waals surface area contributed by atoms with Crippen LogP contribution < -0.4 is 0 Å². The number of hydrogen-bond donors (Lipinski definition) is 1. The molecule has 0 atom stereocenters. The highest BCUT2D eigenvalue weighted by atomic mass is 35.5. The maximum absolute atomic E-state index is 12.8. The van der Waals surface area contributed by atoms with Gasteiger partial charge in [-0.3, -0.25) is 9.36 Å². The zero-order valence-electron chi connectivity index (χ0n) is 10.3. The molecular formula is C12H8ClF3N2O2S. The molecule has 1 heterocycles. The van der Waals surface area contributed by atoms with Crippen LogP contribution in [0.3, 0.4) is 0 Å². The van der Waals surface area contributed by atoms with Gasteiger partial charge in [0.25, 0.3) is 0 Å². The molecule has 0 aliphatic carbocycles. The predicted octanol–water partition coefficient (Wildman–Crippen LogP) is 3.72. The van der Waals surface area contributed by atoms with Crippen molar-refractivity contribution in [2.24, 2.45) is 0 Å². The molecule has 1 aromatic heterocycles. The Morgan fingerprint density at radius 1 is 1.38 bits per heavy atom. The summed E-state index contributed by atoms with van der Waals surface area (Å²) in [5.41, 5.74) is -0.715. The van der Waals surface area contributed by atoms with Crippen LogP contribution in [0.4, 0.5) is 13.2 Å².